The number of rotatable bonds is 24. The first-order valence-electron chi connectivity index (χ1n) is 39.6. The smallest absolute Gasteiger partial charge is 0.271 e. The van der Waals surface area contributed by atoms with Crippen molar-refractivity contribution in [2.75, 3.05) is 59.1 Å². The molecule has 0 fully saturated rings. The first kappa shape index (κ1) is 77.5. The van der Waals surface area contributed by atoms with Crippen LogP contribution in [0, 0.1) is 0 Å². The minimum absolute atomic E-state index is 0.110. The average Bonchev–Trinajstić information content (AvgIpc) is 0.750. The van der Waals surface area contributed by atoms with E-state index in [9.17, 15) is 14.4 Å². The van der Waals surface area contributed by atoms with Crippen molar-refractivity contribution in [3.63, 3.8) is 0 Å². The van der Waals surface area contributed by atoms with Gasteiger partial charge in [-0.2, -0.15) is 15.3 Å². The Hall–Kier alpha value is -13.5. The highest BCUT2D eigenvalue weighted by atomic mass is 16.5. The van der Waals surface area contributed by atoms with E-state index in [0.717, 1.165) is 114 Å². The van der Waals surface area contributed by atoms with Gasteiger partial charge in [0, 0.05) is 106 Å². The summed E-state index contributed by atoms with van der Waals surface area (Å²) in [5.41, 5.74) is 12.8. The molecule has 15 aromatic rings. The summed E-state index contributed by atoms with van der Waals surface area (Å²) in [6.45, 7) is 10.7. The molecule has 1 heterocycles. The average molecular weight is 1560 g/mol. The quantitative estimate of drug-likeness (QED) is 0.0291. The van der Waals surface area contributed by atoms with E-state index in [1.807, 2.05) is 96.1 Å². The lowest BCUT2D eigenvalue weighted by Crippen LogP contribution is -2.34. The third-order valence-electron chi connectivity index (χ3n) is 22.2. The predicted molar refractivity (Wildman–Crippen MR) is 461 cm³/mol. The van der Waals surface area contributed by atoms with Crippen LogP contribution in [-0.4, -0.2) is 128 Å². The van der Waals surface area contributed by atoms with Crippen LogP contribution < -0.4 is 30.5 Å². The summed E-state index contributed by atoms with van der Waals surface area (Å²) in [5, 5.41) is 33.0. The summed E-state index contributed by atoms with van der Waals surface area (Å²) < 4.78 is 40.3. The van der Waals surface area contributed by atoms with Crippen LogP contribution in [0.4, 0.5) is 0 Å². The second-order valence-electron chi connectivity index (χ2n) is 29.0. The molecule has 0 atom stereocenters. The van der Waals surface area contributed by atoms with E-state index in [1.165, 1.54) is 0 Å². The summed E-state index contributed by atoms with van der Waals surface area (Å²) in [6.07, 6.45) is 4.85. The van der Waals surface area contributed by atoms with Gasteiger partial charge in [0.15, 0.2) is 19.8 Å². The molecule has 16 rings (SSSR count). The largest absolute Gasteiger partial charge is 0.483 e. The number of likely N-dealkylation sites (N-methyl/N-ethyl adjacent to an activating group) is 3. The molecule has 0 saturated heterocycles. The Morgan fingerprint density at radius 1 is 0.308 bits per heavy atom. The maximum absolute atomic E-state index is 15.0. The number of benzene rings is 15. The van der Waals surface area contributed by atoms with Crippen molar-refractivity contribution < 1.29 is 57.2 Å². The van der Waals surface area contributed by atoms with Crippen LogP contribution in [0.3, 0.4) is 0 Å². The Bertz CT molecular complexity index is 5710. The Kier molecular flexibility index (Phi) is 22.7. The number of ether oxygens (including phenoxy) is 6. The van der Waals surface area contributed by atoms with Crippen molar-refractivity contribution in [3.8, 4) is 17.2 Å². The van der Waals surface area contributed by atoms with Crippen LogP contribution in [0.5, 0.6) is 17.2 Å². The highest BCUT2D eigenvalue weighted by Crippen LogP contribution is 2.41. The lowest BCUT2D eigenvalue weighted by molar-refractivity contribution is -0.133. The monoisotopic (exact) mass is 1560 g/mol. The molecule has 0 aromatic heterocycles. The van der Waals surface area contributed by atoms with Crippen LogP contribution in [0.1, 0.15) is 123 Å². The highest BCUT2D eigenvalue weighted by Gasteiger charge is 2.27. The Morgan fingerprint density at radius 3 is 0.752 bits per heavy atom. The Labute approximate surface area is 675 Å². The number of nitrogens with one attached hydrogen (secondary N) is 3. The van der Waals surface area contributed by atoms with E-state index in [-0.39, 0.29) is 91.3 Å². The predicted octanol–water partition coefficient (Wildman–Crippen LogP) is 16.9. The zero-order valence-electron chi connectivity index (χ0n) is 66.0. The summed E-state index contributed by atoms with van der Waals surface area (Å²) in [6, 6.07) is 65.3. The second kappa shape index (κ2) is 34.3. The van der Waals surface area contributed by atoms with Gasteiger partial charge in [0.2, 0.25) is 0 Å². The molecule has 0 unspecified atom stereocenters. The van der Waals surface area contributed by atoms with Crippen molar-refractivity contribution in [3.05, 3.63) is 267 Å². The molecule has 21 heteroatoms. The first-order chi connectivity index (χ1) is 57.2. The van der Waals surface area contributed by atoms with Crippen LogP contribution in [-0.2, 0) is 68.2 Å². The number of hydrazone groups is 3. The van der Waals surface area contributed by atoms with Gasteiger partial charge < -0.3 is 43.1 Å². The van der Waals surface area contributed by atoms with Gasteiger partial charge in [-0.1, -0.05) is 164 Å². The molecule has 15 aromatic carbocycles. The fraction of sp³-hybridized carbons (Fsp3) is 0.219. The molecule has 0 spiro atoms. The molecule has 6 bridgehead atoms. The van der Waals surface area contributed by atoms with Gasteiger partial charge in [0.25, 0.3) is 35.4 Å². The summed E-state index contributed by atoms with van der Waals surface area (Å²) in [7, 11) is 0. The van der Waals surface area contributed by atoms with Gasteiger partial charge in [-0.15, -0.1) is 0 Å². The van der Waals surface area contributed by atoms with Crippen molar-refractivity contribution in [1.29, 1.82) is 0 Å². The van der Waals surface area contributed by atoms with Gasteiger partial charge in [-0.25, -0.2) is 16.3 Å². The molecule has 6 amide bonds. The SMILES string of the molecule is CCN(CC)C(=O)COc1c2cc(C(=O)NN=Cc3ccc4ccc5cccc6ccc3c4c56)cc1COCc1cc(C(=O)NN=Cc3ccc4ccc5cccc6ccc3c4c56)cc(c1OCC(=O)N(CC)CC)COCc1cc(C(=O)NN=Cc3ccc4ccc5cccc6ccc3c4c56)cc(c1OCC(=O)N(CC)CC)COC2. The van der Waals surface area contributed by atoms with Crippen molar-refractivity contribution in [1.82, 2.24) is 31.0 Å². The van der Waals surface area contributed by atoms with E-state index in [2.05, 4.69) is 141 Å². The van der Waals surface area contributed by atoms with Gasteiger partial charge in [0.1, 0.15) is 17.2 Å². The van der Waals surface area contributed by atoms with Crippen molar-refractivity contribution in [2.24, 2.45) is 15.3 Å². The molecule has 0 aliphatic carbocycles. The zero-order chi connectivity index (χ0) is 80.8. The lowest BCUT2D eigenvalue weighted by atomic mass is 9.92. The van der Waals surface area contributed by atoms with Crippen LogP contribution in [0.25, 0.3) is 97.0 Å². The van der Waals surface area contributed by atoms with Gasteiger partial charge in [0.05, 0.1) is 58.3 Å². The minimum Gasteiger partial charge on any atom is -0.483 e. The molecule has 3 N–H and O–H groups in total. The maximum atomic E-state index is 15.0. The molecular weight excluding hydrogens is 1470 g/mol. The topological polar surface area (TPSA) is 241 Å². The number of amides is 6. The number of nitrogens with zero attached hydrogens (tertiary/aromatic N) is 6. The lowest BCUT2D eigenvalue weighted by Gasteiger charge is -2.23. The third-order valence-corrected chi connectivity index (χ3v) is 22.2. The van der Waals surface area contributed by atoms with Crippen molar-refractivity contribution in [2.45, 2.75) is 81.2 Å². The van der Waals surface area contributed by atoms with E-state index in [1.54, 1.807) is 69.7 Å². The fourth-order valence-corrected chi connectivity index (χ4v) is 16.4. The molecular formula is C96H87N9O12. The minimum atomic E-state index is -0.614. The summed E-state index contributed by atoms with van der Waals surface area (Å²) >= 11 is 0. The van der Waals surface area contributed by atoms with E-state index in [0.29, 0.717) is 72.6 Å². The number of fused-ring (bicyclic) bond motifs is 6. The van der Waals surface area contributed by atoms with Gasteiger partial charge in [-0.05, 0) is 175 Å². The van der Waals surface area contributed by atoms with Crippen LogP contribution in [0.2, 0.25) is 0 Å². The number of carbonyl (C=O) groups is 6. The second-order valence-corrected chi connectivity index (χ2v) is 29.0. The number of hydrogen-bond donors (Lipinski definition) is 3. The molecule has 1 aliphatic rings. The maximum Gasteiger partial charge on any atom is 0.271 e. The first-order valence-corrected chi connectivity index (χ1v) is 39.6. The van der Waals surface area contributed by atoms with Crippen LogP contribution >= 0.6 is 0 Å². The van der Waals surface area contributed by atoms with Crippen molar-refractivity contribution >= 4 is 151 Å². The number of hydrogen-bond acceptors (Lipinski definition) is 15. The number of carbonyl (C=O) groups excluding carboxylic acids is 6. The van der Waals surface area contributed by atoms with E-state index < -0.39 is 37.5 Å². The summed E-state index contributed by atoms with van der Waals surface area (Å²) in [4.78, 5) is 92.3. The van der Waals surface area contributed by atoms with E-state index >= 15 is 14.4 Å². The normalized spacial score (nSPS) is 13.0. The summed E-state index contributed by atoms with van der Waals surface area (Å²) in [5.74, 6) is -2.30. The standard InChI is InChI=1S/C96H87N9O12/c1-7-103(8-2)82(106)55-115-91-73-40-70(94(109)100-97-46-67-31-28-64-25-22-58-16-13-19-61-34-37-79(67)88(64)85(58)61)41-74(91)50-113-52-76-43-72(96(111)102-99-48-69-33-30-66-27-24-60-18-15-21-63-36-39-81(69)90(66)87(60)63)45-78(93(76)117-57-84(108)105(11-5)12-6)54-114-53-77-44-71(42-75(51-112-49-73)92(77)116-56-83(107)104(9-3)10-4)95(110)101-98-47-68-32-29-65-26-23-59-17-14-20-62-35-38-80(68)89(65)86(59)62/h13-48H,7-12,49-57H2,1-6H3,(H,100,109)(H,101,110)(H,102,111). The van der Waals surface area contributed by atoms with Gasteiger partial charge >= 0.3 is 0 Å². The molecule has 0 radical (unpaired) electrons. The Balaban J connectivity index is 0.809. The Morgan fingerprint density at radius 2 is 0.521 bits per heavy atom. The molecule has 1 aliphatic heterocycles. The third kappa shape index (κ3) is 15.7. The molecule has 117 heavy (non-hydrogen) atoms. The molecule has 588 valence electrons. The van der Waals surface area contributed by atoms with Crippen LogP contribution in [0.15, 0.2) is 215 Å². The fourth-order valence-electron chi connectivity index (χ4n) is 16.4. The zero-order valence-corrected chi connectivity index (χ0v) is 66.0. The molecule has 21 nitrogen and oxygen atoms in total. The van der Waals surface area contributed by atoms with E-state index in [4.69, 9.17) is 28.4 Å². The van der Waals surface area contributed by atoms with Gasteiger partial charge in [-0.3, -0.25) is 28.8 Å². The molecule has 0 saturated carbocycles. The highest BCUT2D eigenvalue weighted by molar-refractivity contribution is 6.28.